The average molecular weight is 325 g/mol. The van der Waals surface area contributed by atoms with Gasteiger partial charge in [0.15, 0.2) is 0 Å². The highest BCUT2D eigenvalue weighted by Crippen LogP contribution is 2.23. The molecular formula is C14H16FN3O3S. The highest BCUT2D eigenvalue weighted by atomic mass is 32.2. The fourth-order valence-electron chi connectivity index (χ4n) is 1.71. The molecule has 1 aromatic heterocycles. The zero-order valence-corrected chi connectivity index (χ0v) is 13.0. The molecule has 2 rings (SSSR count). The second-order valence-electron chi connectivity index (χ2n) is 4.59. The van der Waals surface area contributed by atoms with Crippen molar-refractivity contribution in [1.82, 2.24) is 15.5 Å². The number of carbonyl (C=O) groups excluding carboxylic acids is 1. The van der Waals surface area contributed by atoms with E-state index in [1.54, 1.807) is 19.2 Å². The van der Waals surface area contributed by atoms with Crippen molar-refractivity contribution in [1.29, 1.82) is 0 Å². The van der Waals surface area contributed by atoms with Gasteiger partial charge in [0.2, 0.25) is 11.8 Å². The lowest BCUT2D eigenvalue weighted by Gasteiger charge is -2.11. The lowest BCUT2D eigenvalue weighted by atomic mass is 10.2. The summed E-state index contributed by atoms with van der Waals surface area (Å²) in [5, 5.41) is 10.8. The van der Waals surface area contributed by atoms with Gasteiger partial charge in [-0.05, 0) is 31.2 Å². The Kier molecular flexibility index (Phi) is 5.91. The van der Waals surface area contributed by atoms with Crippen molar-refractivity contribution in [2.45, 2.75) is 18.2 Å². The number of ether oxygens (including phenoxy) is 1. The number of rotatable bonds is 7. The summed E-state index contributed by atoms with van der Waals surface area (Å²) in [5.41, 5.74) is 0.624. The van der Waals surface area contributed by atoms with Crippen molar-refractivity contribution in [3.63, 3.8) is 0 Å². The first kappa shape index (κ1) is 16.4. The molecule has 1 N–H and O–H groups in total. The summed E-state index contributed by atoms with van der Waals surface area (Å²) < 4.78 is 23.2. The molecule has 1 atom stereocenters. The van der Waals surface area contributed by atoms with E-state index in [2.05, 4.69) is 15.5 Å². The Morgan fingerprint density at radius 2 is 2.14 bits per heavy atom. The van der Waals surface area contributed by atoms with E-state index in [4.69, 9.17) is 9.15 Å². The minimum Gasteiger partial charge on any atom is -0.411 e. The molecule has 118 valence electrons. The van der Waals surface area contributed by atoms with Gasteiger partial charge in [-0.3, -0.25) is 4.79 Å². The van der Waals surface area contributed by atoms with E-state index in [9.17, 15) is 9.18 Å². The Morgan fingerprint density at radius 1 is 1.41 bits per heavy atom. The van der Waals surface area contributed by atoms with Gasteiger partial charge in [-0.2, -0.15) is 0 Å². The van der Waals surface area contributed by atoms with Crippen molar-refractivity contribution < 1.29 is 18.3 Å². The van der Waals surface area contributed by atoms with E-state index in [0.717, 1.165) is 11.8 Å². The van der Waals surface area contributed by atoms with Gasteiger partial charge in [-0.1, -0.05) is 11.8 Å². The molecule has 6 nitrogen and oxygen atoms in total. The van der Waals surface area contributed by atoms with Crippen LogP contribution in [0.2, 0.25) is 0 Å². The first-order valence-electron chi connectivity index (χ1n) is 6.59. The summed E-state index contributed by atoms with van der Waals surface area (Å²) >= 11 is 1.14. The average Bonchev–Trinajstić information content (AvgIpc) is 2.95. The number of amides is 1. The Balaban J connectivity index is 1.87. The predicted octanol–water partition coefficient (Wildman–Crippen LogP) is 2.12. The molecule has 0 spiro atoms. The van der Waals surface area contributed by atoms with Crippen LogP contribution in [0.25, 0.3) is 11.5 Å². The Hall–Kier alpha value is -1.93. The van der Waals surface area contributed by atoms with Crippen LogP contribution in [-0.2, 0) is 9.53 Å². The summed E-state index contributed by atoms with van der Waals surface area (Å²) in [7, 11) is 1.58. The van der Waals surface area contributed by atoms with Crippen molar-refractivity contribution in [3.05, 3.63) is 30.1 Å². The van der Waals surface area contributed by atoms with Crippen LogP contribution in [0, 0.1) is 5.82 Å². The summed E-state index contributed by atoms with van der Waals surface area (Å²) in [6.45, 7) is 2.30. The van der Waals surface area contributed by atoms with Crippen molar-refractivity contribution in [2.75, 3.05) is 19.5 Å². The summed E-state index contributed by atoms with van der Waals surface area (Å²) in [6, 6.07) is 5.68. The molecule has 0 radical (unpaired) electrons. The highest BCUT2D eigenvalue weighted by molar-refractivity contribution is 7.99. The number of carbonyl (C=O) groups is 1. The molecule has 0 bridgehead atoms. The predicted molar refractivity (Wildman–Crippen MR) is 79.9 cm³/mol. The smallest absolute Gasteiger partial charge is 0.277 e. The normalized spacial score (nSPS) is 12.1. The molecule has 8 heteroatoms. The maximum absolute atomic E-state index is 12.9. The van der Waals surface area contributed by atoms with Crippen LogP contribution in [0.15, 0.2) is 33.9 Å². The van der Waals surface area contributed by atoms with Gasteiger partial charge in [0.1, 0.15) is 5.82 Å². The van der Waals surface area contributed by atoms with Crippen LogP contribution in [0.3, 0.4) is 0 Å². The number of nitrogens with one attached hydrogen (secondary N) is 1. The van der Waals surface area contributed by atoms with E-state index in [-0.39, 0.29) is 34.6 Å². The SMILES string of the molecule is COC[C@H](C)NC(=O)CSc1nnc(-c2ccc(F)cc2)o1. The number of hydrogen-bond acceptors (Lipinski definition) is 6. The van der Waals surface area contributed by atoms with Gasteiger partial charge in [0, 0.05) is 18.7 Å². The largest absolute Gasteiger partial charge is 0.411 e. The highest BCUT2D eigenvalue weighted by Gasteiger charge is 2.12. The number of benzene rings is 1. The molecule has 22 heavy (non-hydrogen) atoms. The minimum atomic E-state index is -0.334. The molecule has 0 unspecified atom stereocenters. The van der Waals surface area contributed by atoms with Crippen LogP contribution in [-0.4, -0.2) is 41.6 Å². The zero-order chi connectivity index (χ0) is 15.9. The van der Waals surface area contributed by atoms with Crippen LogP contribution >= 0.6 is 11.8 Å². The molecule has 1 amide bonds. The second-order valence-corrected chi connectivity index (χ2v) is 5.52. The van der Waals surface area contributed by atoms with Gasteiger partial charge < -0.3 is 14.5 Å². The van der Waals surface area contributed by atoms with Crippen LogP contribution in [0.5, 0.6) is 0 Å². The third-order valence-corrected chi connectivity index (χ3v) is 3.47. The Morgan fingerprint density at radius 3 is 2.82 bits per heavy atom. The first-order valence-corrected chi connectivity index (χ1v) is 7.57. The minimum absolute atomic E-state index is 0.0597. The van der Waals surface area contributed by atoms with E-state index < -0.39 is 0 Å². The second kappa shape index (κ2) is 7.90. The molecule has 0 fully saturated rings. The number of hydrogen-bond donors (Lipinski definition) is 1. The maximum atomic E-state index is 12.9. The monoisotopic (exact) mass is 325 g/mol. The molecule has 2 aromatic rings. The third kappa shape index (κ3) is 4.81. The quantitative estimate of drug-likeness (QED) is 0.786. The topological polar surface area (TPSA) is 77.2 Å². The first-order chi connectivity index (χ1) is 10.6. The fraction of sp³-hybridized carbons (Fsp3) is 0.357. The summed E-state index contributed by atoms with van der Waals surface area (Å²) in [6.07, 6.45) is 0. The zero-order valence-electron chi connectivity index (χ0n) is 12.2. The molecular weight excluding hydrogens is 309 g/mol. The molecule has 0 saturated carbocycles. The van der Waals surface area contributed by atoms with Crippen molar-refractivity contribution in [3.8, 4) is 11.5 Å². The van der Waals surface area contributed by atoms with Gasteiger partial charge in [0.25, 0.3) is 5.22 Å². The fourth-order valence-corrected chi connectivity index (χ4v) is 2.29. The lowest BCUT2D eigenvalue weighted by molar-refractivity contribution is -0.119. The third-order valence-electron chi connectivity index (χ3n) is 2.65. The van der Waals surface area contributed by atoms with Gasteiger partial charge in [-0.15, -0.1) is 10.2 Å². The molecule has 1 heterocycles. The Bertz CT molecular complexity index is 618. The molecule has 0 aliphatic heterocycles. The van der Waals surface area contributed by atoms with E-state index in [1.807, 2.05) is 6.92 Å². The number of aromatic nitrogens is 2. The summed E-state index contributed by atoms with van der Waals surface area (Å²) in [5.74, 6) is -0.0227. The standard InChI is InChI=1S/C14H16FN3O3S/c1-9(7-20-2)16-12(19)8-22-14-18-17-13(21-14)10-3-5-11(15)6-4-10/h3-6,9H,7-8H2,1-2H3,(H,16,19)/t9-/m0/s1. The van der Waals surface area contributed by atoms with Gasteiger partial charge >= 0.3 is 0 Å². The number of halogens is 1. The molecule has 0 saturated heterocycles. The van der Waals surface area contributed by atoms with E-state index in [1.165, 1.54) is 12.1 Å². The Labute approximate surface area is 131 Å². The van der Waals surface area contributed by atoms with Gasteiger partial charge in [0.05, 0.1) is 12.4 Å². The van der Waals surface area contributed by atoms with E-state index in [0.29, 0.717) is 12.2 Å². The number of thioether (sulfide) groups is 1. The van der Waals surface area contributed by atoms with Crippen LogP contribution in [0.1, 0.15) is 6.92 Å². The molecule has 1 aromatic carbocycles. The van der Waals surface area contributed by atoms with Crippen LogP contribution < -0.4 is 5.32 Å². The number of methoxy groups -OCH3 is 1. The molecule has 0 aliphatic rings. The number of nitrogens with zero attached hydrogens (tertiary/aromatic N) is 2. The van der Waals surface area contributed by atoms with E-state index >= 15 is 0 Å². The van der Waals surface area contributed by atoms with Crippen molar-refractivity contribution >= 4 is 17.7 Å². The summed E-state index contributed by atoms with van der Waals surface area (Å²) in [4.78, 5) is 11.7. The lowest BCUT2D eigenvalue weighted by Crippen LogP contribution is -2.36. The molecule has 0 aliphatic carbocycles. The van der Waals surface area contributed by atoms with Gasteiger partial charge in [-0.25, -0.2) is 4.39 Å². The van der Waals surface area contributed by atoms with Crippen LogP contribution in [0.4, 0.5) is 4.39 Å². The van der Waals surface area contributed by atoms with Crippen molar-refractivity contribution in [2.24, 2.45) is 0 Å². The maximum Gasteiger partial charge on any atom is 0.277 e.